The van der Waals surface area contributed by atoms with Crippen LogP contribution >= 0.6 is 15.9 Å². The molecule has 0 amide bonds. The zero-order valence-corrected chi connectivity index (χ0v) is 9.30. The van der Waals surface area contributed by atoms with E-state index in [1.165, 1.54) is 12.1 Å². The number of halogens is 1. The summed E-state index contributed by atoms with van der Waals surface area (Å²) in [6.45, 7) is -0.720. The summed E-state index contributed by atoms with van der Waals surface area (Å²) >= 11 is 2.90. The van der Waals surface area contributed by atoms with Gasteiger partial charge in [-0.15, -0.1) is 0 Å². The van der Waals surface area contributed by atoms with Gasteiger partial charge >= 0.3 is 11.7 Å². The van der Waals surface area contributed by atoms with E-state index in [1.807, 2.05) is 0 Å². The Morgan fingerprint density at radius 1 is 1.56 bits per heavy atom. The van der Waals surface area contributed by atoms with Gasteiger partial charge in [-0.3, -0.25) is 10.1 Å². The molecule has 0 fully saturated rings. The third-order valence-corrected chi connectivity index (χ3v) is 2.24. The molecule has 2 N–H and O–H groups in total. The SMILES string of the molecule is O=C(O)COc1ccc(Br)c(O)c1[N+](=O)[O-]. The Kier molecular flexibility index (Phi) is 3.67. The van der Waals surface area contributed by atoms with Crippen LogP contribution in [0.1, 0.15) is 0 Å². The third-order valence-electron chi connectivity index (χ3n) is 1.60. The summed E-state index contributed by atoms with van der Waals surface area (Å²) in [5.41, 5.74) is -0.671. The number of carboxylic acid groups (broad SMARTS) is 1. The van der Waals surface area contributed by atoms with Crippen LogP contribution in [0.25, 0.3) is 0 Å². The molecule has 0 bridgehead atoms. The average molecular weight is 292 g/mol. The van der Waals surface area contributed by atoms with E-state index in [-0.39, 0.29) is 10.2 Å². The molecule has 0 radical (unpaired) electrons. The maximum atomic E-state index is 10.6. The Hall–Kier alpha value is -1.83. The van der Waals surface area contributed by atoms with Crippen LogP contribution in [0.3, 0.4) is 0 Å². The molecule has 0 heterocycles. The molecular weight excluding hydrogens is 286 g/mol. The first kappa shape index (κ1) is 12.2. The number of nitro groups is 1. The van der Waals surface area contributed by atoms with Crippen molar-refractivity contribution < 1.29 is 24.7 Å². The number of phenols is 1. The van der Waals surface area contributed by atoms with E-state index in [9.17, 15) is 20.0 Å². The van der Waals surface area contributed by atoms with E-state index in [0.717, 1.165) is 0 Å². The topological polar surface area (TPSA) is 110 Å². The number of rotatable bonds is 4. The zero-order valence-electron chi connectivity index (χ0n) is 7.71. The minimum absolute atomic E-state index is 0.127. The molecular formula is C8H6BrNO6. The molecule has 0 atom stereocenters. The highest BCUT2D eigenvalue weighted by Crippen LogP contribution is 2.40. The first-order chi connectivity index (χ1) is 7.43. The number of nitrogens with zero attached hydrogens (tertiary/aromatic N) is 1. The number of hydrogen-bond donors (Lipinski definition) is 2. The zero-order chi connectivity index (χ0) is 12.3. The number of ether oxygens (including phenoxy) is 1. The highest BCUT2D eigenvalue weighted by Gasteiger charge is 2.23. The highest BCUT2D eigenvalue weighted by molar-refractivity contribution is 9.10. The normalized spacial score (nSPS) is 9.81. The van der Waals surface area contributed by atoms with Crippen molar-refractivity contribution in [3.63, 3.8) is 0 Å². The summed E-state index contributed by atoms with van der Waals surface area (Å²) in [6.07, 6.45) is 0. The predicted molar refractivity (Wildman–Crippen MR) is 55.6 cm³/mol. The van der Waals surface area contributed by atoms with Gasteiger partial charge in [0.1, 0.15) is 0 Å². The number of hydrogen-bond acceptors (Lipinski definition) is 5. The molecule has 0 aliphatic heterocycles. The van der Waals surface area contributed by atoms with Crippen molar-refractivity contribution in [3.05, 3.63) is 26.7 Å². The molecule has 0 aromatic heterocycles. The molecule has 1 rings (SSSR count). The van der Waals surface area contributed by atoms with E-state index in [0.29, 0.717) is 0 Å². The predicted octanol–water partition coefficient (Wildman–Crippen LogP) is 1.53. The third kappa shape index (κ3) is 2.60. The maximum Gasteiger partial charge on any atom is 0.353 e. The minimum atomic E-state index is -1.27. The first-order valence-electron chi connectivity index (χ1n) is 3.94. The fourth-order valence-corrected chi connectivity index (χ4v) is 1.29. The number of phenolic OH excluding ortho intramolecular Hbond substituents is 1. The molecule has 0 spiro atoms. The van der Waals surface area contributed by atoms with Gasteiger partial charge in [-0.1, -0.05) is 0 Å². The minimum Gasteiger partial charge on any atom is -0.501 e. The molecule has 0 aliphatic rings. The van der Waals surface area contributed by atoms with Crippen LogP contribution in [0.5, 0.6) is 11.5 Å². The average Bonchev–Trinajstić information content (AvgIpc) is 2.19. The van der Waals surface area contributed by atoms with Gasteiger partial charge in [0.15, 0.2) is 6.61 Å². The number of benzene rings is 1. The quantitative estimate of drug-likeness (QED) is 0.643. The standard InChI is InChI=1S/C8H6BrNO6/c9-4-1-2-5(16-3-6(11)12)7(8(4)13)10(14)15/h1-2,13H,3H2,(H,11,12). The van der Waals surface area contributed by atoms with E-state index < -0.39 is 28.9 Å². The largest absolute Gasteiger partial charge is 0.501 e. The van der Waals surface area contributed by atoms with Crippen molar-refractivity contribution in [3.8, 4) is 11.5 Å². The fraction of sp³-hybridized carbons (Fsp3) is 0.125. The molecule has 8 heteroatoms. The van der Waals surface area contributed by atoms with Crippen LogP contribution in [0.2, 0.25) is 0 Å². The molecule has 0 unspecified atom stereocenters. The Morgan fingerprint density at radius 3 is 2.69 bits per heavy atom. The maximum absolute atomic E-state index is 10.6. The lowest BCUT2D eigenvalue weighted by Gasteiger charge is -2.06. The summed E-state index contributed by atoms with van der Waals surface area (Å²) in [5, 5.41) is 28.4. The Balaban J connectivity index is 3.13. The van der Waals surface area contributed by atoms with Gasteiger partial charge in [0, 0.05) is 0 Å². The van der Waals surface area contributed by atoms with Crippen molar-refractivity contribution in [2.75, 3.05) is 6.61 Å². The molecule has 16 heavy (non-hydrogen) atoms. The Bertz CT molecular complexity index is 446. The number of carboxylic acids is 1. The molecule has 0 saturated carbocycles. The second-order valence-electron chi connectivity index (χ2n) is 2.68. The summed E-state index contributed by atoms with van der Waals surface area (Å²) in [5.74, 6) is -2.17. The summed E-state index contributed by atoms with van der Waals surface area (Å²) in [7, 11) is 0. The first-order valence-corrected chi connectivity index (χ1v) is 4.73. The lowest BCUT2D eigenvalue weighted by Crippen LogP contribution is -2.10. The van der Waals surface area contributed by atoms with Crippen molar-refractivity contribution in [1.82, 2.24) is 0 Å². The van der Waals surface area contributed by atoms with E-state index in [2.05, 4.69) is 20.7 Å². The van der Waals surface area contributed by atoms with Crippen LogP contribution in [-0.2, 0) is 4.79 Å². The van der Waals surface area contributed by atoms with Crippen molar-refractivity contribution in [1.29, 1.82) is 0 Å². The smallest absolute Gasteiger partial charge is 0.353 e. The van der Waals surface area contributed by atoms with Crippen molar-refractivity contribution in [2.45, 2.75) is 0 Å². The number of nitro benzene ring substituents is 1. The lowest BCUT2D eigenvalue weighted by molar-refractivity contribution is -0.386. The van der Waals surface area contributed by atoms with Gasteiger partial charge < -0.3 is 14.9 Å². The van der Waals surface area contributed by atoms with Crippen LogP contribution < -0.4 is 4.74 Å². The van der Waals surface area contributed by atoms with Gasteiger partial charge in [-0.2, -0.15) is 0 Å². The summed E-state index contributed by atoms with van der Waals surface area (Å²) in [6, 6.07) is 2.52. The summed E-state index contributed by atoms with van der Waals surface area (Å²) < 4.78 is 4.80. The van der Waals surface area contributed by atoms with Gasteiger partial charge in [0.2, 0.25) is 11.5 Å². The van der Waals surface area contributed by atoms with Crippen molar-refractivity contribution >= 4 is 27.6 Å². The number of aromatic hydroxyl groups is 1. The van der Waals surface area contributed by atoms with Crippen molar-refractivity contribution in [2.24, 2.45) is 0 Å². The highest BCUT2D eigenvalue weighted by atomic mass is 79.9. The lowest BCUT2D eigenvalue weighted by atomic mass is 10.3. The second kappa shape index (κ2) is 4.79. The monoisotopic (exact) mass is 291 g/mol. The summed E-state index contributed by atoms with van der Waals surface area (Å²) in [4.78, 5) is 20.0. The Morgan fingerprint density at radius 2 is 2.19 bits per heavy atom. The molecule has 0 aliphatic carbocycles. The molecule has 1 aromatic rings. The number of carbonyl (C=O) groups is 1. The number of aliphatic carboxylic acids is 1. The molecule has 86 valence electrons. The van der Waals surface area contributed by atoms with E-state index >= 15 is 0 Å². The van der Waals surface area contributed by atoms with E-state index in [4.69, 9.17) is 5.11 Å². The van der Waals surface area contributed by atoms with Gasteiger partial charge in [-0.25, -0.2) is 4.79 Å². The molecule has 7 nitrogen and oxygen atoms in total. The van der Waals surface area contributed by atoms with Crippen LogP contribution in [0, 0.1) is 10.1 Å². The molecule has 1 aromatic carbocycles. The second-order valence-corrected chi connectivity index (χ2v) is 3.54. The van der Waals surface area contributed by atoms with Gasteiger partial charge in [0.25, 0.3) is 0 Å². The Labute approximate surface area is 97.5 Å². The molecule has 0 saturated heterocycles. The fourth-order valence-electron chi connectivity index (χ4n) is 0.969. The van der Waals surface area contributed by atoms with E-state index in [1.54, 1.807) is 0 Å². The van der Waals surface area contributed by atoms with Gasteiger partial charge in [0.05, 0.1) is 9.40 Å². The van der Waals surface area contributed by atoms with Crippen LogP contribution in [0.15, 0.2) is 16.6 Å². The van der Waals surface area contributed by atoms with Gasteiger partial charge in [-0.05, 0) is 28.1 Å². The van der Waals surface area contributed by atoms with Crippen LogP contribution in [-0.4, -0.2) is 27.7 Å². The van der Waals surface area contributed by atoms with Crippen LogP contribution in [0.4, 0.5) is 5.69 Å².